The van der Waals surface area contributed by atoms with E-state index in [9.17, 15) is 14.7 Å². The molecule has 3 heterocycles. The molecule has 22 heavy (non-hydrogen) atoms. The SMILES string of the molecule is Cn1ccnc(N2CCCC(O)(C(=O)N3CCCC3)C2)c1=O. The number of hydrogen-bond donors (Lipinski definition) is 1. The van der Waals surface area contributed by atoms with Crippen LogP contribution >= 0.6 is 0 Å². The number of aliphatic hydroxyl groups is 1. The first-order valence-electron chi connectivity index (χ1n) is 7.80. The highest BCUT2D eigenvalue weighted by Gasteiger charge is 2.44. The lowest BCUT2D eigenvalue weighted by Gasteiger charge is -2.40. The second-order valence-electron chi connectivity index (χ2n) is 6.22. The van der Waals surface area contributed by atoms with E-state index in [0.717, 1.165) is 12.8 Å². The van der Waals surface area contributed by atoms with Gasteiger partial charge >= 0.3 is 0 Å². The highest BCUT2D eigenvalue weighted by Crippen LogP contribution is 2.26. The number of likely N-dealkylation sites (tertiary alicyclic amines) is 1. The average molecular weight is 306 g/mol. The molecule has 2 aliphatic heterocycles. The Morgan fingerprint density at radius 1 is 1.27 bits per heavy atom. The average Bonchev–Trinajstić information content (AvgIpc) is 3.03. The van der Waals surface area contributed by atoms with Gasteiger partial charge in [0, 0.05) is 39.1 Å². The molecule has 1 aromatic heterocycles. The van der Waals surface area contributed by atoms with E-state index in [4.69, 9.17) is 0 Å². The third-order valence-corrected chi connectivity index (χ3v) is 4.56. The fraction of sp³-hybridized carbons (Fsp3) is 0.667. The highest BCUT2D eigenvalue weighted by atomic mass is 16.3. The highest BCUT2D eigenvalue weighted by molar-refractivity contribution is 5.86. The van der Waals surface area contributed by atoms with Crippen LogP contribution in [0, 0.1) is 0 Å². The summed E-state index contributed by atoms with van der Waals surface area (Å²) in [4.78, 5) is 32.4. The molecule has 1 unspecified atom stereocenters. The summed E-state index contributed by atoms with van der Waals surface area (Å²) in [6.07, 6.45) is 6.24. The minimum Gasteiger partial charge on any atom is -0.378 e. The van der Waals surface area contributed by atoms with Crippen molar-refractivity contribution in [3.8, 4) is 0 Å². The molecule has 2 fully saturated rings. The Hall–Kier alpha value is -1.89. The Balaban J connectivity index is 1.83. The van der Waals surface area contributed by atoms with E-state index in [1.54, 1.807) is 29.2 Å². The first-order valence-corrected chi connectivity index (χ1v) is 7.80. The van der Waals surface area contributed by atoms with Crippen molar-refractivity contribution in [3.05, 3.63) is 22.7 Å². The molecule has 0 bridgehead atoms. The number of β-amino-alcohol motifs (C(OH)–C–C–N with tert-alkyl or cyclic N) is 1. The van der Waals surface area contributed by atoms with Gasteiger partial charge in [0.1, 0.15) is 0 Å². The summed E-state index contributed by atoms with van der Waals surface area (Å²) in [5.74, 6) is 0.0970. The van der Waals surface area contributed by atoms with Gasteiger partial charge in [0.15, 0.2) is 11.4 Å². The number of hydrogen-bond acceptors (Lipinski definition) is 5. The normalized spacial score (nSPS) is 25.5. The van der Waals surface area contributed by atoms with Crippen molar-refractivity contribution in [1.82, 2.24) is 14.5 Å². The quantitative estimate of drug-likeness (QED) is 0.814. The number of aryl methyl sites for hydroxylation is 1. The van der Waals surface area contributed by atoms with E-state index in [1.165, 1.54) is 4.57 Å². The molecule has 0 spiro atoms. The van der Waals surface area contributed by atoms with Gasteiger partial charge in [0.05, 0.1) is 6.54 Å². The van der Waals surface area contributed by atoms with Crippen molar-refractivity contribution in [2.45, 2.75) is 31.3 Å². The maximum Gasteiger partial charge on any atom is 0.293 e. The largest absolute Gasteiger partial charge is 0.378 e. The number of carbonyl (C=O) groups is 1. The number of nitrogens with zero attached hydrogens (tertiary/aromatic N) is 4. The van der Waals surface area contributed by atoms with Crippen molar-refractivity contribution in [2.75, 3.05) is 31.1 Å². The molecule has 2 saturated heterocycles. The minimum absolute atomic E-state index is 0.134. The van der Waals surface area contributed by atoms with E-state index in [1.807, 2.05) is 0 Å². The molecule has 2 aliphatic rings. The van der Waals surface area contributed by atoms with Gasteiger partial charge in [-0.3, -0.25) is 9.59 Å². The van der Waals surface area contributed by atoms with Crippen LogP contribution in [0.15, 0.2) is 17.2 Å². The Bertz CT molecular complexity index is 623. The van der Waals surface area contributed by atoms with Gasteiger partial charge in [0.25, 0.3) is 11.5 Å². The van der Waals surface area contributed by atoms with E-state index in [0.29, 0.717) is 38.3 Å². The molecule has 120 valence electrons. The topological polar surface area (TPSA) is 78.7 Å². The summed E-state index contributed by atoms with van der Waals surface area (Å²) >= 11 is 0. The lowest BCUT2D eigenvalue weighted by molar-refractivity contribution is -0.151. The summed E-state index contributed by atoms with van der Waals surface area (Å²) < 4.78 is 1.46. The van der Waals surface area contributed by atoms with Crippen molar-refractivity contribution in [3.63, 3.8) is 0 Å². The van der Waals surface area contributed by atoms with Crippen molar-refractivity contribution < 1.29 is 9.90 Å². The van der Waals surface area contributed by atoms with Crippen LogP contribution in [-0.4, -0.2) is 57.2 Å². The lowest BCUT2D eigenvalue weighted by atomic mass is 9.91. The zero-order valence-electron chi connectivity index (χ0n) is 12.9. The number of aromatic nitrogens is 2. The molecular formula is C15H22N4O3. The van der Waals surface area contributed by atoms with Crippen LogP contribution in [0.25, 0.3) is 0 Å². The third-order valence-electron chi connectivity index (χ3n) is 4.56. The molecule has 1 aromatic rings. The van der Waals surface area contributed by atoms with Gasteiger partial charge in [-0.1, -0.05) is 0 Å². The Kier molecular flexibility index (Phi) is 3.90. The number of rotatable bonds is 2. The Morgan fingerprint density at radius 2 is 2.00 bits per heavy atom. The maximum atomic E-state index is 12.6. The number of amides is 1. The predicted octanol–water partition coefficient (Wildman–Crippen LogP) is -0.266. The zero-order chi connectivity index (χ0) is 15.7. The molecule has 1 atom stereocenters. The molecule has 0 saturated carbocycles. The first-order chi connectivity index (χ1) is 10.5. The standard InChI is InChI=1S/C15H22N4O3/c1-17-10-6-16-12(13(17)20)19-9-4-5-15(22,11-19)14(21)18-7-2-3-8-18/h6,10,22H,2-5,7-9,11H2,1H3. The van der Waals surface area contributed by atoms with Crippen molar-refractivity contribution in [1.29, 1.82) is 0 Å². The van der Waals surface area contributed by atoms with E-state index >= 15 is 0 Å². The Labute approximate surface area is 129 Å². The van der Waals surface area contributed by atoms with Crippen molar-refractivity contribution >= 4 is 11.7 Å². The monoisotopic (exact) mass is 306 g/mol. The molecule has 0 radical (unpaired) electrons. The molecule has 1 amide bonds. The second kappa shape index (κ2) is 5.72. The van der Waals surface area contributed by atoms with Gasteiger partial charge in [-0.2, -0.15) is 0 Å². The fourth-order valence-corrected chi connectivity index (χ4v) is 3.31. The number of piperidine rings is 1. The first kappa shape index (κ1) is 15.0. The van der Waals surface area contributed by atoms with Gasteiger partial charge in [-0.25, -0.2) is 4.98 Å². The van der Waals surface area contributed by atoms with E-state index in [2.05, 4.69) is 4.98 Å². The summed E-state index contributed by atoms with van der Waals surface area (Å²) in [5.41, 5.74) is -1.62. The lowest BCUT2D eigenvalue weighted by Crippen LogP contribution is -2.58. The van der Waals surface area contributed by atoms with Crippen LogP contribution in [0.1, 0.15) is 25.7 Å². The summed E-state index contributed by atoms with van der Waals surface area (Å²) in [7, 11) is 1.67. The second-order valence-corrected chi connectivity index (χ2v) is 6.22. The van der Waals surface area contributed by atoms with Crippen LogP contribution < -0.4 is 10.5 Å². The predicted molar refractivity (Wildman–Crippen MR) is 81.7 cm³/mol. The molecule has 0 aromatic carbocycles. The van der Waals surface area contributed by atoms with Gasteiger partial charge in [-0.05, 0) is 25.7 Å². The molecule has 3 rings (SSSR count). The fourth-order valence-electron chi connectivity index (χ4n) is 3.31. The van der Waals surface area contributed by atoms with Crippen molar-refractivity contribution in [2.24, 2.45) is 7.05 Å². The van der Waals surface area contributed by atoms with E-state index < -0.39 is 5.60 Å². The van der Waals surface area contributed by atoms with E-state index in [-0.39, 0.29) is 18.0 Å². The van der Waals surface area contributed by atoms with Crippen LogP contribution in [0.2, 0.25) is 0 Å². The molecular weight excluding hydrogens is 284 g/mol. The summed E-state index contributed by atoms with van der Waals surface area (Å²) in [6, 6.07) is 0. The maximum absolute atomic E-state index is 12.6. The van der Waals surface area contributed by atoms with Gasteiger partial charge < -0.3 is 19.5 Å². The summed E-state index contributed by atoms with van der Waals surface area (Å²) in [5, 5.41) is 10.8. The van der Waals surface area contributed by atoms with Gasteiger partial charge in [0.2, 0.25) is 0 Å². The van der Waals surface area contributed by atoms with Gasteiger partial charge in [-0.15, -0.1) is 0 Å². The van der Waals surface area contributed by atoms with Crippen LogP contribution in [-0.2, 0) is 11.8 Å². The number of anilines is 1. The summed E-state index contributed by atoms with van der Waals surface area (Å²) in [6.45, 7) is 2.19. The zero-order valence-corrected chi connectivity index (χ0v) is 12.9. The number of carbonyl (C=O) groups excluding carboxylic acids is 1. The van der Waals surface area contributed by atoms with Crippen LogP contribution in [0.5, 0.6) is 0 Å². The Morgan fingerprint density at radius 3 is 2.73 bits per heavy atom. The minimum atomic E-state index is -1.41. The van der Waals surface area contributed by atoms with Crippen LogP contribution in [0.4, 0.5) is 5.82 Å². The van der Waals surface area contributed by atoms with Crippen LogP contribution in [0.3, 0.4) is 0 Å². The third kappa shape index (κ3) is 2.61. The molecule has 1 N–H and O–H groups in total. The smallest absolute Gasteiger partial charge is 0.293 e. The molecule has 0 aliphatic carbocycles. The molecule has 7 nitrogen and oxygen atoms in total. The molecule has 7 heteroatoms.